The van der Waals surface area contributed by atoms with E-state index in [0.29, 0.717) is 22.0 Å². The van der Waals surface area contributed by atoms with Crippen molar-refractivity contribution >= 4 is 28.6 Å². The molecule has 0 bridgehead atoms. The number of pyridine rings is 1. The fourth-order valence-corrected chi connectivity index (χ4v) is 3.36. The molecule has 0 aliphatic carbocycles. The molecule has 0 saturated carbocycles. The van der Waals surface area contributed by atoms with Crippen molar-refractivity contribution in [2.45, 2.75) is 0 Å². The SMILES string of the molecule is O=C(C=Cc1ccc([N+](=O)[O-])cc1)n1c(=O)cc(-c2ccccc2F)c2ccccc21. The zero-order chi connectivity index (χ0) is 22.0. The molecular weight excluding hydrogens is 399 g/mol. The van der Waals surface area contributed by atoms with Gasteiger partial charge in [0.15, 0.2) is 0 Å². The number of para-hydroxylation sites is 1. The van der Waals surface area contributed by atoms with E-state index in [1.54, 1.807) is 42.5 Å². The van der Waals surface area contributed by atoms with E-state index < -0.39 is 22.2 Å². The van der Waals surface area contributed by atoms with E-state index >= 15 is 0 Å². The molecule has 0 aliphatic heterocycles. The summed E-state index contributed by atoms with van der Waals surface area (Å²) in [6, 6.07) is 19.8. The van der Waals surface area contributed by atoms with Crippen molar-refractivity contribution in [2.24, 2.45) is 0 Å². The van der Waals surface area contributed by atoms with E-state index in [1.165, 1.54) is 48.6 Å². The molecule has 0 atom stereocenters. The van der Waals surface area contributed by atoms with Crippen molar-refractivity contribution in [2.75, 3.05) is 0 Å². The number of allylic oxidation sites excluding steroid dienone is 1. The maximum Gasteiger partial charge on any atom is 0.269 e. The van der Waals surface area contributed by atoms with Crippen molar-refractivity contribution in [3.63, 3.8) is 0 Å². The molecule has 0 N–H and O–H groups in total. The zero-order valence-electron chi connectivity index (χ0n) is 16.1. The van der Waals surface area contributed by atoms with Crippen LogP contribution in [0.15, 0.2) is 89.7 Å². The molecule has 4 rings (SSSR count). The van der Waals surface area contributed by atoms with Gasteiger partial charge in [-0.15, -0.1) is 0 Å². The van der Waals surface area contributed by atoms with Gasteiger partial charge in [0, 0.05) is 35.2 Å². The van der Waals surface area contributed by atoms with Gasteiger partial charge in [0.1, 0.15) is 5.82 Å². The number of benzene rings is 3. The van der Waals surface area contributed by atoms with E-state index in [9.17, 15) is 24.1 Å². The summed E-state index contributed by atoms with van der Waals surface area (Å²) in [5, 5.41) is 11.3. The number of hydrogen-bond donors (Lipinski definition) is 0. The Kier molecular flexibility index (Phi) is 5.24. The van der Waals surface area contributed by atoms with Crippen molar-refractivity contribution in [3.8, 4) is 11.1 Å². The van der Waals surface area contributed by atoms with Crippen LogP contribution in [0.25, 0.3) is 28.1 Å². The highest BCUT2D eigenvalue weighted by molar-refractivity contribution is 6.03. The number of carbonyl (C=O) groups excluding carboxylic acids is 1. The molecule has 31 heavy (non-hydrogen) atoms. The number of halogens is 1. The molecule has 6 nitrogen and oxygen atoms in total. The average molecular weight is 414 g/mol. The third kappa shape index (κ3) is 3.89. The largest absolute Gasteiger partial charge is 0.269 e. The smallest absolute Gasteiger partial charge is 0.269 e. The molecule has 7 heteroatoms. The number of aromatic nitrogens is 1. The summed E-state index contributed by atoms with van der Waals surface area (Å²) in [6.45, 7) is 0. The van der Waals surface area contributed by atoms with Gasteiger partial charge in [-0.3, -0.25) is 19.7 Å². The van der Waals surface area contributed by atoms with E-state index in [2.05, 4.69) is 0 Å². The van der Waals surface area contributed by atoms with E-state index in [-0.39, 0.29) is 11.3 Å². The molecule has 0 amide bonds. The van der Waals surface area contributed by atoms with Gasteiger partial charge in [-0.1, -0.05) is 36.4 Å². The summed E-state index contributed by atoms with van der Waals surface area (Å²) in [5.41, 5.74) is 0.953. The lowest BCUT2D eigenvalue weighted by Gasteiger charge is -2.12. The van der Waals surface area contributed by atoms with Gasteiger partial charge in [-0.05, 0) is 41.5 Å². The Bertz CT molecular complexity index is 1410. The summed E-state index contributed by atoms with van der Waals surface area (Å²) < 4.78 is 15.4. The molecule has 152 valence electrons. The Labute approximate surface area is 175 Å². The number of fused-ring (bicyclic) bond motifs is 1. The first-order valence-electron chi connectivity index (χ1n) is 9.32. The minimum atomic E-state index is -0.588. The molecule has 0 fully saturated rings. The summed E-state index contributed by atoms with van der Waals surface area (Å²) >= 11 is 0. The summed E-state index contributed by atoms with van der Waals surface area (Å²) in [6.07, 6.45) is 2.69. The number of nitro groups is 1. The highest BCUT2D eigenvalue weighted by Crippen LogP contribution is 2.29. The van der Waals surface area contributed by atoms with Crippen molar-refractivity contribution < 1.29 is 14.1 Å². The summed E-state index contributed by atoms with van der Waals surface area (Å²) in [7, 11) is 0. The molecule has 0 radical (unpaired) electrons. The average Bonchev–Trinajstić information content (AvgIpc) is 2.77. The van der Waals surface area contributed by atoms with Crippen molar-refractivity contribution in [1.29, 1.82) is 0 Å². The van der Waals surface area contributed by atoms with Gasteiger partial charge in [0.05, 0.1) is 10.4 Å². The highest BCUT2D eigenvalue weighted by atomic mass is 19.1. The molecule has 0 spiro atoms. The molecule has 3 aromatic carbocycles. The van der Waals surface area contributed by atoms with Crippen molar-refractivity contribution in [1.82, 2.24) is 4.57 Å². The van der Waals surface area contributed by atoms with Gasteiger partial charge in [-0.25, -0.2) is 8.96 Å². The first kappa shape index (κ1) is 19.9. The second-order valence-electron chi connectivity index (χ2n) is 6.75. The van der Waals surface area contributed by atoms with Gasteiger partial charge in [0.25, 0.3) is 17.2 Å². The molecule has 0 aliphatic rings. The van der Waals surface area contributed by atoms with Crippen LogP contribution in [-0.4, -0.2) is 15.4 Å². The van der Waals surface area contributed by atoms with Crippen LogP contribution >= 0.6 is 0 Å². The Balaban J connectivity index is 1.78. The Morgan fingerprint density at radius 1 is 0.935 bits per heavy atom. The maximum atomic E-state index is 14.4. The van der Waals surface area contributed by atoms with Crippen LogP contribution in [0.5, 0.6) is 0 Å². The zero-order valence-corrected chi connectivity index (χ0v) is 16.1. The van der Waals surface area contributed by atoms with E-state index in [4.69, 9.17) is 0 Å². The second kappa shape index (κ2) is 8.16. The predicted molar refractivity (Wildman–Crippen MR) is 116 cm³/mol. The van der Waals surface area contributed by atoms with Gasteiger partial charge in [-0.2, -0.15) is 0 Å². The van der Waals surface area contributed by atoms with Crippen molar-refractivity contribution in [3.05, 3.63) is 117 Å². The van der Waals surface area contributed by atoms with Crippen LogP contribution in [0.2, 0.25) is 0 Å². The van der Waals surface area contributed by atoms with Gasteiger partial charge < -0.3 is 0 Å². The number of non-ortho nitro benzene ring substituents is 1. The van der Waals surface area contributed by atoms with Crippen LogP contribution in [-0.2, 0) is 0 Å². The topological polar surface area (TPSA) is 82.2 Å². The Hall–Kier alpha value is -4.39. The van der Waals surface area contributed by atoms with Crippen LogP contribution < -0.4 is 5.56 Å². The minimum Gasteiger partial charge on any atom is -0.269 e. The quantitative estimate of drug-likeness (QED) is 0.265. The number of carbonyl (C=O) groups is 1. The molecule has 1 aromatic heterocycles. The molecule has 0 saturated heterocycles. The second-order valence-corrected chi connectivity index (χ2v) is 6.75. The number of nitro benzene ring substituents is 1. The summed E-state index contributed by atoms with van der Waals surface area (Å²) in [4.78, 5) is 35.9. The number of nitrogens with zero attached hydrogens (tertiary/aromatic N) is 2. The fraction of sp³-hybridized carbons (Fsp3) is 0. The Morgan fingerprint density at radius 2 is 1.61 bits per heavy atom. The monoisotopic (exact) mass is 414 g/mol. The minimum absolute atomic E-state index is 0.0607. The van der Waals surface area contributed by atoms with Gasteiger partial charge in [0.2, 0.25) is 0 Å². The van der Waals surface area contributed by atoms with Crippen LogP contribution in [0.3, 0.4) is 0 Å². The molecule has 0 unspecified atom stereocenters. The van der Waals surface area contributed by atoms with E-state index in [1.807, 2.05) is 0 Å². The normalized spacial score (nSPS) is 11.1. The Morgan fingerprint density at radius 3 is 2.32 bits per heavy atom. The first-order chi connectivity index (χ1) is 15.0. The lowest BCUT2D eigenvalue weighted by atomic mass is 10.0. The number of hydrogen-bond acceptors (Lipinski definition) is 4. The molecular formula is C24H15FN2O4. The predicted octanol–water partition coefficient (Wildman–Crippen LogP) is 5.07. The first-order valence-corrected chi connectivity index (χ1v) is 9.32. The lowest BCUT2D eigenvalue weighted by Crippen LogP contribution is -2.25. The highest BCUT2D eigenvalue weighted by Gasteiger charge is 2.15. The fourth-order valence-electron chi connectivity index (χ4n) is 3.36. The maximum absolute atomic E-state index is 14.4. The van der Waals surface area contributed by atoms with Crippen LogP contribution in [0.1, 0.15) is 10.4 Å². The van der Waals surface area contributed by atoms with Crippen LogP contribution in [0, 0.1) is 15.9 Å². The molecule has 1 heterocycles. The summed E-state index contributed by atoms with van der Waals surface area (Å²) in [5.74, 6) is -1.05. The third-order valence-electron chi connectivity index (χ3n) is 4.83. The standard InChI is InChI=1S/C24H15FN2O4/c25-21-7-3-1-5-18(21)20-15-24(29)26(22-8-4-2-6-19(20)22)23(28)14-11-16-9-12-17(13-10-16)27(30)31/h1-15H. The van der Waals surface area contributed by atoms with Crippen LogP contribution in [0.4, 0.5) is 10.1 Å². The van der Waals surface area contributed by atoms with E-state index in [0.717, 1.165) is 4.57 Å². The number of rotatable bonds is 4. The third-order valence-corrected chi connectivity index (χ3v) is 4.83. The van der Waals surface area contributed by atoms with Gasteiger partial charge >= 0.3 is 0 Å². The lowest BCUT2D eigenvalue weighted by molar-refractivity contribution is -0.384. The molecule has 4 aromatic rings.